The summed E-state index contributed by atoms with van der Waals surface area (Å²) in [5.74, 6) is 2.80. The first-order valence-electron chi connectivity index (χ1n) is 10.3. The third kappa shape index (κ3) is 4.53. The molecule has 0 radical (unpaired) electrons. The van der Waals surface area contributed by atoms with E-state index in [0.717, 1.165) is 18.6 Å². The second-order valence-electron chi connectivity index (χ2n) is 8.98. The molecule has 0 aliphatic carbocycles. The molecule has 29 heavy (non-hydrogen) atoms. The average Bonchev–Trinajstić information content (AvgIpc) is 3.06. The highest BCUT2D eigenvalue weighted by Crippen LogP contribution is 2.45. The van der Waals surface area contributed by atoms with Crippen molar-refractivity contribution in [3.05, 3.63) is 53.1 Å². The van der Waals surface area contributed by atoms with Crippen LogP contribution in [0.2, 0.25) is 0 Å². The van der Waals surface area contributed by atoms with Gasteiger partial charge in [-0.3, -0.25) is 0 Å². The number of hydrogen-bond donors (Lipinski definition) is 0. The van der Waals surface area contributed by atoms with Crippen LogP contribution < -0.4 is 14.2 Å². The second kappa shape index (κ2) is 8.66. The van der Waals surface area contributed by atoms with E-state index in [4.69, 9.17) is 18.9 Å². The molecule has 3 atom stereocenters. The zero-order valence-electron chi connectivity index (χ0n) is 18.7. The van der Waals surface area contributed by atoms with Crippen molar-refractivity contribution in [2.75, 3.05) is 27.9 Å². The van der Waals surface area contributed by atoms with Gasteiger partial charge < -0.3 is 18.9 Å². The van der Waals surface area contributed by atoms with Crippen LogP contribution in [0.3, 0.4) is 0 Å². The Morgan fingerprint density at radius 2 is 1.52 bits per heavy atom. The van der Waals surface area contributed by atoms with Crippen molar-refractivity contribution < 1.29 is 18.9 Å². The topological polar surface area (TPSA) is 36.9 Å². The summed E-state index contributed by atoms with van der Waals surface area (Å²) in [4.78, 5) is 0. The average molecular weight is 399 g/mol. The van der Waals surface area contributed by atoms with Crippen LogP contribution in [-0.4, -0.2) is 27.9 Å². The molecule has 0 amide bonds. The van der Waals surface area contributed by atoms with Gasteiger partial charge in [0, 0.05) is 0 Å². The summed E-state index contributed by atoms with van der Waals surface area (Å²) in [5.41, 5.74) is 3.98. The third-order valence-electron chi connectivity index (χ3n) is 6.04. The van der Waals surface area contributed by atoms with Gasteiger partial charge in [0.15, 0.2) is 11.5 Å². The SMILES string of the molecule is COc1cc([C@H]2OC[C@H](Cc3ccc(C(C)(C)C)cc3)[C@@H]2C)cc(OC)c1OC. The maximum absolute atomic E-state index is 6.23. The fraction of sp³-hybridized carbons (Fsp3) is 0.520. The Morgan fingerprint density at radius 3 is 2.00 bits per heavy atom. The van der Waals surface area contributed by atoms with Crippen molar-refractivity contribution in [2.24, 2.45) is 11.8 Å². The van der Waals surface area contributed by atoms with E-state index in [1.165, 1.54) is 11.1 Å². The van der Waals surface area contributed by atoms with Crippen LogP contribution in [0, 0.1) is 11.8 Å². The number of benzene rings is 2. The minimum Gasteiger partial charge on any atom is -0.493 e. The summed E-state index contributed by atoms with van der Waals surface area (Å²) in [5, 5.41) is 0. The minimum atomic E-state index is 0.0163. The predicted octanol–water partition coefficient (Wildman–Crippen LogP) is 5.58. The van der Waals surface area contributed by atoms with Gasteiger partial charge in [0.1, 0.15) is 0 Å². The molecular weight excluding hydrogens is 364 g/mol. The monoisotopic (exact) mass is 398 g/mol. The maximum atomic E-state index is 6.23. The smallest absolute Gasteiger partial charge is 0.203 e. The van der Waals surface area contributed by atoms with Crippen molar-refractivity contribution in [2.45, 2.75) is 45.6 Å². The van der Waals surface area contributed by atoms with Crippen LogP contribution in [0.5, 0.6) is 17.2 Å². The van der Waals surface area contributed by atoms with Crippen LogP contribution in [0.25, 0.3) is 0 Å². The van der Waals surface area contributed by atoms with E-state index in [2.05, 4.69) is 52.0 Å². The zero-order valence-corrected chi connectivity index (χ0v) is 18.7. The molecule has 4 heteroatoms. The number of ether oxygens (including phenoxy) is 4. The van der Waals surface area contributed by atoms with Gasteiger partial charge in [-0.1, -0.05) is 52.0 Å². The fourth-order valence-electron chi connectivity index (χ4n) is 4.13. The van der Waals surface area contributed by atoms with E-state index in [-0.39, 0.29) is 11.5 Å². The lowest BCUT2D eigenvalue weighted by molar-refractivity contribution is 0.0929. The van der Waals surface area contributed by atoms with Crippen molar-refractivity contribution in [3.8, 4) is 17.2 Å². The Balaban J connectivity index is 1.77. The van der Waals surface area contributed by atoms with E-state index < -0.39 is 0 Å². The Hall–Kier alpha value is -2.20. The maximum Gasteiger partial charge on any atom is 0.203 e. The molecule has 158 valence electrons. The van der Waals surface area contributed by atoms with Gasteiger partial charge in [-0.05, 0) is 52.5 Å². The molecule has 0 spiro atoms. The molecule has 4 nitrogen and oxygen atoms in total. The normalized spacial score (nSPS) is 21.8. The summed E-state index contributed by atoms with van der Waals surface area (Å²) >= 11 is 0. The predicted molar refractivity (Wildman–Crippen MR) is 116 cm³/mol. The first-order valence-corrected chi connectivity index (χ1v) is 10.3. The zero-order chi connectivity index (χ0) is 21.2. The highest BCUT2D eigenvalue weighted by Gasteiger charge is 2.36. The van der Waals surface area contributed by atoms with Gasteiger partial charge in [0.05, 0.1) is 34.0 Å². The van der Waals surface area contributed by atoms with Crippen LogP contribution in [0.4, 0.5) is 0 Å². The van der Waals surface area contributed by atoms with Gasteiger partial charge in [0.2, 0.25) is 5.75 Å². The van der Waals surface area contributed by atoms with Gasteiger partial charge in [0.25, 0.3) is 0 Å². The third-order valence-corrected chi connectivity index (χ3v) is 6.04. The van der Waals surface area contributed by atoms with Gasteiger partial charge in [-0.25, -0.2) is 0 Å². The summed E-state index contributed by atoms with van der Waals surface area (Å²) < 4.78 is 22.7. The number of rotatable bonds is 6. The van der Waals surface area contributed by atoms with Gasteiger partial charge >= 0.3 is 0 Å². The molecule has 1 saturated heterocycles. The highest BCUT2D eigenvalue weighted by atomic mass is 16.5. The standard InChI is InChI=1S/C25H34O4/c1-16-19(12-17-8-10-20(11-9-17)25(2,3)4)15-29-23(16)18-13-21(26-5)24(28-7)22(14-18)27-6/h8-11,13-14,16,19,23H,12,15H2,1-7H3/t16-,19-,23-/m0/s1. The molecule has 2 aromatic rings. The number of hydrogen-bond acceptors (Lipinski definition) is 4. The molecule has 1 aliphatic heterocycles. The molecule has 1 fully saturated rings. The summed E-state index contributed by atoms with van der Waals surface area (Å²) in [6.45, 7) is 9.77. The van der Waals surface area contributed by atoms with E-state index in [0.29, 0.717) is 29.1 Å². The van der Waals surface area contributed by atoms with E-state index in [9.17, 15) is 0 Å². The summed E-state index contributed by atoms with van der Waals surface area (Å²) in [7, 11) is 4.91. The largest absolute Gasteiger partial charge is 0.493 e. The van der Waals surface area contributed by atoms with Crippen LogP contribution >= 0.6 is 0 Å². The molecule has 1 heterocycles. The van der Waals surface area contributed by atoms with Crippen molar-refractivity contribution in [3.63, 3.8) is 0 Å². The quantitative estimate of drug-likeness (QED) is 0.637. The van der Waals surface area contributed by atoms with Crippen molar-refractivity contribution in [1.82, 2.24) is 0 Å². The fourth-order valence-corrected chi connectivity index (χ4v) is 4.13. The molecule has 0 bridgehead atoms. The molecule has 0 N–H and O–H groups in total. The molecular formula is C25H34O4. The van der Waals surface area contributed by atoms with E-state index in [1.54, 1.807) is 21.3 Å². The molecule has 3 rings (SSSR count). The Bertz CT molecular complexity index is 795. The molecule has 0 aromatic heterocycles. The van der Waals surface area contributed by atoms with E-state index in [1.807, 2.05) is 12.1 Å². The Morgan fingerprint density at radius 1 is 0.931 bits per heavy atom. The lowest BCUT2D eigenvalue weighted by Gasteiger charge is -2.22. The van der Waals surface area contributed by atoms with Crippen LogP contribution in [0.1, 0.15) is 50.5 Å². The lowest BCUT2D eigenvalue weighted by atomic mass is 9.83. The number of methoxy groups -OCH3 is 3. The molecule has 0 unspecified atom stereocenters. The first kappa shape index (κ1) is 21.5. The minimum absolute atomic E-state index is 0.0163. The molecule has 0 saturated carbocycles. The van der Waals surface area contributed by atoms with Gasteiger partial charge in [-0.15, -0.1) is 0 Å². The van der Waals surface area contributed by atoms with Crippen molar-refractivity contribution >= 4 is 0 Å². The first-order chi connectivity index (χ1) is 13.8. The summed E-state index contributed by atoms with van der Waals surface area (Å²) in [6, 6.07) is 13.0. The van der Waals surface area contributed by atoms with E-state index >= 15 is 0 Å². The Kier molecular flexibility index (Phi) is 6.42. The molecule has 1 aliphatic rings. The van der Waals surface area contributed by atoms with Crippen molar-refractivity contribution in [1.29, 1.82) is 0 Å². The highest BCUT2D eigenvalue weighted by molar-refractivity contribution is 5.54. The summed E-state index contributed by atoms with van der Waals surface area (Å²) in [6.07, 6.45) is 1.04. The molecule has 2 aromatic carbocycles. The van der Waals surface area contributed by atoms with Gasteiger partial charge in [-0.2, -0.15) is 0 Å². The second-order valence-corrected chi connectivity index (χ2v) is 8.98. The Labute approximate surface area is 175 Å². The van der Waals surface area contributed by atoms with Crippen LogP contribution in [-0.2, 0) is 16.6 Å². The lowest BCUT2D eigenvalue weighted by Crippen LogP contribution is -2.15. The van der Waals surface area contributed by atoms with Crippen LogP contribution in [0.15, 0.2) is 36.4 Å².